The van der Waals surface area contributed by atoms with Crippen molar-refractivity contribution in [2.24, 2.45) is 5.92 Å². The van der Waals surface area contributed by atoms with E-state index in [9.17, 15) is 0 Å². The highest BCUT2D eigenvalue weighted by atomic mass is 16.5. The van der Waals surface area contributed by atoms with E-state index >= 15 is 0 Å². The molecule has 2 unspecified atom stereocenters. The number of aryl methyl sites for hydroxylation is 1. The van der Waals surface area contributed by atoms with E-state index < -0.39 is 0 Å². The maximum atomic E-state index is 5.76. The molecule has 0 radical (unpaired) electrons. The lowest BCUT2D eigenvalue weighted by Gasteiger charge is -2.34. The van der Waals surface area contributed by atoms with Crippen molar-refractivity contribution in [1.29, 1.82) is 0 Å². The molecule has 1 heterocycles. The third-order valence-electron chi connectivity index (χ3n) is 6.59. The van der Waals surface area contributed by atoms with Crippen LogP contribution in [0.25, 0.3) is 0 Å². The van der Waals surface area contributed by atoms with E-state index in [0.717, 1.165) is 32.1 Å². The van der Waals surface area contributed by atoms with E-state index in [-0.39, 0.29) is 0 Å². The SMILES string of the molecule is COc1ccccc1C(CCCN1CCOCC1)C1CCc2ccccc2C1. The molecular weight excluding hydrogens is 346 g/mol. The van der Waals surface area contributed by atoms with Gasteiger partial charge in [0.15, 0.2) is 0 Å². The third-order valence-corrected chi connectivity index (χ3v) is 6.59. The van der Waals surface area contributed by atoms with Gasteiger partial charge in [-0.15, -0.1) is 0 Å². The second-order valence-electron chi connectivity index (χ2n) is 8.22. The molecule has 1 aliphatic carbocycles. The zero-order valence-corrected chi connectivity index (χ0v) is 17.1. The summed E-state index contributed by atoms with van der Waals surface area (Å²) in [7, 11) is 1.81. The lowest BCUT2D eigenvalue weighted by Crippen LogP contribution is -2.37. The number of fused-ring (bicyclic) bond motifs is 1. The Kier molecular flexibility index (Phi) is 6.66. The number of morpholine rings is 1. The van der Waals surface area contributed by atoms with Gasteiger partial charge in [0.25, 0.3) is 0 Å². The Balaban J connectivity index is 1.50. The molecule has 0 N–H and O–H groups in total. The van der Waals surface area contributed by atoms with Crippen LogP contribution < -0.4 is 4.74 Å². The number of methoxy groups -OCH3 is 1. The topological polar surface area (TPSA) is 21.7 Å². The fourth-order valence-corrected chi connectivity index (χ4v) is 5.05. The van der Waals surface area contributed by atoms with E-state index in [1.54, 1.807) is 18.2 Å². The zero-order valence-electron chi connectivity index (χ0n) is 17.1. The summed E-state index contributed by atoms with van der Waals surface area (Å²) in [6.07, 6.45) is 6.13. The summed E-state index contributed by atoms with van der Waals surface area (Å²) in [6, 6.07) is 17.7. The molecule has 1 saturated heterocycles. The van der Waals surface area contributed by atoms with Gasteiger partial charge in [-0.3, -0.25) is 4.90 Å². The van der Waals surface area contributed by atoms with Crippen molar-refractivity contribution < 1.29 is 9.47 Å². The summed E-state index contributed by atoms with van der Waals surface area (Å²) < 4.78 is 11.3. The van der Waals surface area contributed by atoms with Gasteiger partial charge >= 0.3 is 0 Å². The van der Waals surface area contributed by atoms with E-state index in [0.29, 0.717) is 11.8 Å². The number of benzene rings is 2. The molecular formula is C25H33NO2. The van der Waals surface area contributed by atoms with E-state index in [2.05, 4.69) is 53.4 Å². The van der Waals surface area contributed by atoms with Crippen LogP contribution in [-0.4, -0.2) is 44.9 Å². The van der Waals surface area contributed by atoms with Crippen LogP contribution in [0.3, 0.4) is 0 Å². The molecule has 0 spiro atoms. The normalized spacial score (nSPS) is 21.1. The van der Waals surface area contributed by atoms with Crippen molar-refractivity contribution >= 4 is 0 Å². The van der Waals surface area contributed by atoms with E-state index in [1.165, 1.54) is 44.2 Å². The van der Waals surface area contributed by atoms with E-state index in [1.807, 2.05) is 0 Å². The second kappa shape index (κ2) is 9.58. The zero-order chi connectivity index (χ0) is 19.2. The Morgan fingerprint density at radius 3 is 2.61 bits per heavy atom. The molecule has 4 rings (SSSR count). The Hall–Kier alpha value is -1.84. The molecule has 2 aliphatic rings. The smallest absolute Gasteiger partial charge is 0.122 e. The number of para-hydroxylation sites is 1. The summed E-state index contributed by atoms with van der Waals surface area (Å²) in [4.78, 5) is 2.55. The van der Waals surface area contributed by atoms with Crippen LogP contribution in [0, 0.1) is 5.92 Å². The Labute approximate surface area is 169 Å². The average Bonchev–Trinajstić information content (AvgIpc) is 2.77. The van der Waals surface area contributed by atoms with Crippen molar-refractivity contribution in [1.82, 2.24) is 4.90 Å². The molecule has 2 atom stereocenters. The maximum Gasteiger partial charge on any atom is 0.122 e. The first-order valence-electron chi connectivity index (χ1n) is 10.8. The number of rotatable bonds is 7. The van der Waals surface area contributed by atoms with Gasteiger partial charge < -0.3 is 9.47 Å². The van der Waals surface area contributed by atoms with Crippen LogP contribution in [0.2, 0.25) is 0 Å². The van der Waals surface area contributed by atoms with Crippen LogP contribution in [0.5, 0.6) is 5.75 Å². The molecule has 0 aromatic heterocycles. The number of hydrogen-bond acceptors (Lipinski definition) is 3. The van der Waals surface area contributed by atoms with Crippen LogP contribution in [0.15, 0.2) is 48.5 Å². The van der Waals surface area contributed by atoms with Gasteiger partial charge in [-0.2, -0.15) is 0 Å². The molecule has 3 nitrogen and oxygen atoms in total. The Morgan fingerprint density at radius 2 is 1.79 bits per heavy atom. The minimum absolute atomic E-state index is 0.561. The molecule has 0 amide bonds. The van der Waals surface area contributed by atoms with Gasteiger partial charge in [0.1, 0.15) is 5.75 Å². The minimum atomic E-state index is 0.561. The Bertz CT molecular complexity index is 754. The summed E-state index contributed by atoms with van der Waals surface area (Å²) in [5, 5.41) is 0. The quantitative estimate of drug-likeness (QED) is 0.696. The fourth-order valence-electron chi connectivity index (χ4n) is 5.05. The lowest BCUT2D eigenvalue weighted by molar-refractivity contribution is 0.0367. The second-order valence-corrected chi connectivity index (χ2v) is 8.22. The number of ether oxygens (including phenoxy) is 2. The lowest BCUT2D eigenvalue weighted by atomic mass is 9.72. The molecule has 3 heteroatoms. The summed E-state index contributed by atoms with van der Waals surface area (Å²) in [5.41, 5.74) is 4.49. The van der Waals surface area contributed by atoms with Crippen LogP contribution in [0.4, 0.5) is 0 Å². The van der Waals surface area contributed by atoms with Crippen LogP contribution in [0.1, 0.15) is 41.9 Å². The number of nitrogens with zero attached hydrogens (tertiary/aromatic N) is 1. The standard InChI is InChI=1S/C25H33NO2/c1-27-25-11-5-4-9-24(25)23(10-6-14-26-15-17-28-18-16-26)22-13-12-20-7-2-3-8-21(20)19-22/h2-5,7-9,11,22-23H,6,10,12-19H2,1H3. The first-order valence-corrected chi connectivity index (χ1v) is 10.8. The summed E-state index contributed by atoms with van der Waals surface area (Å²) in [5.74, 6) is 2.30. The highest BCUT2D eigenvalue weighted by molar-refractivity contribution is 5.38. The van der Waals surface area contributed by atoms with Crippen molar-refractivity contribution in [3.63, 3.8) is 0 Å². The monoisotopic (exact) mass is 379 g/mol. The molecule has 1 fully saturated rings. The molecule has 28 heavy (non-hydrogen) atoms. The maximum absolute atomic E-state index is 5.76. The molecule has 0 saturated carbocycles. The molecule has 150 valence electrons. The van der Waals surface area contributed by atoms with Crippen LogP contribution in [-0.2, 0) is 17.6 Å². The minimum Gasteiger partial charge on any atom is -0.496 e. The van der Waals surface area contributed by atoms with Gasteiger partial charge in [-0.1, -0.05) is 42.5 Å². The van der Waals surface area contributed by atoms with Gasteiger partial charge in [-0.05, 0) is 73.2 Å². The highest BCUT2D eigenvalue weighted by Gasteiger charge is 2.29. The third kappa shape index (κ3) is 4.59. The van der Waals surface area contributed by atoms with Gasteiger partial charge in [-0.25, -0.2) is 0 Å². The van der Waals surface area contributed by atoms with Crippen molar-refractivity contribution in [3.8, 4) is 5.75 Å². The largest absolute Gasteiger partial charge is 0.496 e. The van der Waals surface area contributed by atoms with Crippen molar-refractivity contribution in [2.75, 3.05) is 40.0 Å². The van der Waals surface area contributed by atoms with Crippen molar-refractivity contribution in [2.45, 2.75) is 38.0 Å². The van der Waals surface area contributed by atoms with Gasteiger partial charge in [0, 0.05) is 13.1 Å². The van der Waals surface area contributed by atoms with Gasteiger partial charge in [0.05, 0.1) is 20.3 Å². The average molecular weight is 380 g/mol. The molecule has 1 aliphatic heterocycles. The molecule has 0 bridgehead atoms. The van der Waals surface area contributed by atoms with Crippen molar-refractivity contribution in [3.05, 3.63) is 65.2 Å². The highest BCUT2D eigenvalue weighted by Crippen LogP contribution is 2.41. The summed E-state index contributed by atoms with van der Waals surface area (Å²) >= 11 is 0. The predicted molar refractivity (Wildman–Crippen MR) is 114 cm³/mol. The summed E-state index contributed by atoms with van der Waals surface area (Å²) in [6.45, 7) is 5.11. The number of hydrogen-bond donors (Lipinski definition) is 0. The fraction of sp³-hybridized carbons (Fsp3) is 0.520. The van der Waals surface area contributed by atoms with E-state index in [4.69, 9.17) is 9.47 Å². The van der Waals surface area contributed by atoms with Crippen LogP contribution >= 0.6 is 0 Å². The molecule has 2 aromatic carbocycles. The Morgan fingerprint density at radius 1 is 1.04 bits per heavy atom. The molecule has 2 aromatic rings. The predicted octanol–water partition coefficient (Wildman–Crippen LogP) is 4.70. The first-order chi connectivity index (χ1) is 13.8. The first kappa shape index (κ1) is 19.5. The van der Waals surface area contributed by atoms with Gasteiger partial charge in [0.2, 0.25) is 0 Å².